The van der Waals surface area contributed by atoms with Crippen LogP contribution in [-0.4, -0.2) is 4.98 Å². The number of rotatable bonds is 2. The van der Waals surface area contributed by atoms with Crippen molar-refractivity contribution < 1.29 is 0 Å². The predicted molar refractivity (Wildman–Crippen MR) is 81.4 cm³/mol. The average molecular weight is 298 g/mol. The van der Waals surface area contributed by atoms with Crippen LogP contribution < -0.4 is 0 Å². The van der Waals surface area contributed by atoms with E-state index in [4.69, 9.17) is 0 Å². The number of aromatic nitrogens is 1. The Morgan fingerprint density at radius 3 is 2.44 bits per heavy atom. The average Bonchev–Trinajstić information content (AvgIpc) is 2.81. The summed E-state index contributed by atoms with van der Waals surface area (Å²) in [6, 6.07) is 18.7. The summed E-state index contributed by atoms with van der Waals surface area (Å²) in [5.74, 6) is 0. The monoisotopic (exact) mass is 297 g/mol. The smallest absolute Gasteiger partial charge is 0.0458 e. The molecule has 2 aromatic carbocycles. The van der Waals surface area contributed by atoms with Gasteiger partial charge in [-0.25, -0.2) is 0 Å². The van der Waals surface area contributed by atoms with Crippen molar-refractivity contribution in [3.05, 3.63) is 70.3 Å². The Bertz CT molecular complexity index is 659. The molecule has 0 atom stereocenters. The number of fused-ring (bicyclic) bond motifs is 1. The number of H-pyrrole nitrogens is 1. The van der Waals surface area contributed by atoms with Crippen LogP contribution in [0.3, 0.4) is 0 Å². The number of nitrogens with one attached hydrogen (secondary N) is 1. The van der Waals surface area contributed by atoms with Crippen LogP contribution in [-0.2, 0) is 0 Å². The molecule has 1 nitrogen and oxygen atoms in total. The van der Waals surface area contributed by atoms with Crippen molar-refractivity contribution in [2.75, 3.05) is 0 Å². The van der Waals surface area contributed by atoms with Crippen LogP contribution in [0.15, 0.2) is 59.1 Å². The number of halogens is 1. The maximum Gasteiger partial charge on any atom is 0.0458 e. The van der Waals surface area contributed by atoms with Crippen LogP contribution in [0.25, 0.3) is 23.1 Å². The van der Waals surface area contributed by atoms with Gasteiger partial charge in [0.15, 0.2) is 0 Å². The summed E-state index contributed by atoms with van der Waals surface area (Å²) in [7, 11) is 0. The summed E-state index contributed by atoms with van der Waals surface area (Å²) >= 11 is 3.43. The maximum atomic E-state index is 3.43. The molecular formula is C16H12BrN. The molecule has 0 bridgehead atoms. The molecule has 1 aromatic heterocycles. The molecule has 3 rings (SSSR count). The van der Waals surface area contributed by atoms with E-state index in [1.165, 1.54) is 16.5 Å². The van der Waals surface area contributed by atoms with E-state index in [1.807, 2.05) is 18.2 Å². The van der Waals surface area contributed by atoms with Gasteiger partial charge in [-0.05, 0) is 41.3 Å². The molecule has 0 aliphatic rings. The first-order valence-electron chi connectivity index (χ1n) is 5.83. The molecule has 88 valence electrons. The van der Waals surface area contributed by atoms with E-state index in [0.29, 0.717) is 0 Å². The summed E-state index contributed by atoms with van der Waals surface area (Å²) in [5.41, 5.74) is 3.49. The van der Waals surface area contributed by atoms with E-state index < -0.39 is 0 Å². The molecule has 18 heavy (non-hydrogen) atoms. The van der Waals surface area contributed by atoms with E-state index in [0.717, 1.165) is 10.2 Å². The first kappa shape index (κ1) is 11.3. The van der Waals surface area contributed by atoms with E-state index in [1.54, 1.807) is 0 Å². The lowest BCUT2D eigenvalue weighted by Crippen LogP contribution is -1.72. The fraction of sp³-hybridized carbons (Fsp3) is 0. The zero-order valence-corrected chi connectivity index (χ0v) is 11.3. The van der Waals surface area contributed by atoms with Crippen LogP contribution >= 0.6 is 15.9 Å². The van der Waals surface area contributed by atoms with Gasteiger partial charge in [-0.1, -0.05) is 52.3 Å². The van der Waals surface area contributed by atoms with Gasteiger partial charge in [-0.2, -0.15) is 0 Å². The lowest BCUT2D eigenvalue weighted by Gasteiger charge is -1.93. The molecule has 0 saturated heterocycles. The lowest BCUT2D eigenvalue weighted by atomic mass is 10.2. The quantitative estimate of drug-likeness (QED) is 0.677. The van der Waals surface area contributed by atoms with Gasteiger partial charge in [0.2, 0.25) is 0 Å². The lowest BCUT2D eigenvalue weighted by molar-refractivity contribution is 1.43. The van der Waals surface area contributed by atoms with Gasteiger partial charge in [-0.3, -0.25) is 0 Å². The second kappa shape index (κ2) is 4.83. The molecule has 2 heteroatoms. The first-order valence-corrected chi connectivity index (χ1v) is 6.62. The summed E-state index contributed by atoms with van der Waals surface area (Å²) in [5, 5.41) is 1.24. The highest BCUT2D eigenvalue weighted by molar-refractivity contribution is 9.10. The molecule has 0 amide bonds. The van der Waals surface area contributed by atoms with E-state index in [2.05, 4.69) is 69.5 Å². The second-order valence-electron chi connectivity index (χ2n) is 4.20. The molecule has 0 aliphatic heterocycles. The van der Waals surface area contributed by atoms with Crippen molar-refractivity contribution in [1.82, 2.24) is 4.98 Å². The minimum atomic E-state index is 1.10. The van der Waals surface area contributed by atoms with Gasteiger partial charge >= 0.3 is 0 Å². The number of para-hydroxylation sites is 1. The number of hydrogen-bond acceptors (Lipinski definition) is 0. The Labute approximate surface area is 114 Å². The third-order valence-electron chi connectivity index (χ3n) is 2.88. The van der Waals surface area contributed by atoms with E-state index in [-0.39, 0.29) is 0 Å². The largest absolute Gasteiger partial charge is 0.355 e. The standard InChI is InChI=1S/C16H12BrN/c17-14-8-5-12(6-9-14)7-10-15-11-13-3-1-2-4-16(13)18-15/h1-11,18H/b10-7+. The van der Waals surface area contributed by atoms with Gasteiger partial charge in [0.05, 0.1) is 0 Å². The van der Waals surface area contributed by atoms with E-state index >= 15 is 0 Å². The van der Waals surface area contributed by atoms with Crippen LogP contribution in [0.1, 0.15) is 11.3 Å². The Balaban J connectivity index is 1.89. The van der Waals surface area contributed by atoms with Crippen molar-refractivity contribution in [1.29, 1.82) is 0 Å². The summed E-state index contributed by atoms with van der Waals surface area (Å²) in [6.45, 7) is 0. The molecule has 0 spiro atoms. The molecule has 0 unspecified atom stereocenters. The fourth-order valence-corrected chi connectivity index (χ4v) is 2.21. The topological polar surface area (TPSA) is 15.8 Å². The molecular weight excluding hydrogens is 286 g/mol. The molecule has 0 radical (unpaired) electrons. The normalized spacial score (nSPS) is 11.4. The number of benzene rings is 2. The maximum absolute atomic E-state index is 3.43. The Morgan fingerprint density at radius 1 is 0.889 bits per heavy atom. The minimum absolute atomic E-state index is 1.10. The highest BCUT2D eigenvalue weighted by Crippen LogP contribution is 2.17. The van der Waals surface area contributed by atoms with Gasteiger partial charge < -0.3 is 4.98 Å². The van der Waals surface area contributed by atoms with Crippen molar-refractivity contribution >= 4 is 39.0 Å². The fourth-order valence-electron chi connectivity index (χ4n) is 1.95. The summed E-state index contributed by atoms with van der Waals surface area (Å²) in [4.78, 5) is 3.38. The van der Waals surface area contributed by atoms with Crippen molar-refractivity contribution in [2.45, 2.75) is 0 Å². The summed E-state index contributed by atoms with van der Waals surface area (Å²) in [6.07, 6.45) is 4.21. The van der Waals surface area contributed by atoms with Crippen LogP contribution in [0.2, 0.25) is 0 Å². The van der Waals surface area contributed by atoms with Gasteiger partial charge in [0.25, 0.3) is 0 Å². The molecule has 1 heterocycles. The number of aromatic amines is 1. The molecule has 0 aliphatic carbocycles. The van der Waals surface area contributed by atoms with Crippen LogP contribution in [0.4, 0.5) is 0 Å². The molecule has 0 saturated carbocycles. The SMILES string of the molecule is Brc1ccc(/C=C/c2cc3ccccc3[nH]2)cc1. The Hall–Kier alpha value is -1.80. The third kappa shape index (κ3) is 2.39. The highest BCUT2D eigenvalue weighted by Gasteiger charge is 1.96. The summed E-state index contributed by atoms with van der Waals surface area (Å²) < 4.78 is 1.10. The van der Waals surface area contributed by atoms with Crippen molar-refractivity contribution in [3.63, 3.8) is 0 Å². The Kier molecular flexibility index (Phi) is 3.03. The Morgan fingerprint density at radius 2 is 1.67 bits per heavy atom. The van der Waals surface area contributed by atoms with Crippen LogP contribution in [0, 0.1) is 0 Å². The molecule has 0 fully saturated rings. The zero-order chi connectivity index (χ0) is 12.4. The predicted octanol–water partition coefficient (Wildman–Crippen LogP) is 5.10. The minimum Gasteiger partial charge on any atom is -0.355 e. The van der Waals surface area contributed by atoms with Gasteiger partial charge in [-0.15, -0.1) is 0 Å². The molecule has 3 aromatic rings. The number of hydrogen-bond donors (Lipinski definition) is 1. The van der Waals surface area contributed by atoms with Crippen molar-refractivity contribution in [2.24, 2.45) is 0 Å². The zero-order valence-electron chi connectivity index (χ0n) is 9.73. The second-order valence-corrected chi connectivity index (χ2v) is 5.11. The van der Waals surface area contributed by atoms with Crippen molar-refractivity contribution in [3.8, 4) is 0 Å². The molecule has 1 N–H and O–H groups in total. The highest BCUT2D eigenvalue weighted by atomic mass is 79.9. The van der Waals surface area contributed by atoms with Gasteiger partial charge in [0.1, 0.15) is 0 Å². The third-order valence-corrected chi connectivity index (χ3v) is 3.40. The van der Waals surface area contributed by atoms with E-state index in [9.17, 15) is 0 Å². The van der Waals surface area contributed by atoms with Crippen LogP contribution in [0.5, 0.6) is 0 Å². The van der Waals surface area contributed by atoms with Gasteiger partial charge in [0, 0.05) is 15.7 Å². The first-order chi connectivity index (χ1) is 8.81.